The summed E-state index contributed by atoms with van der Waals surface area (Å²) in [7, 11) is 0. The number of nitrogens with zero attached hydrogens (tertiary/aromatic N) is 1. The lowest BCUT2D eigenvalue weighted by Gasteiger charge is -2.32. The van der Waals surface area contributed by atoms with Crippen LogP contribution in [0.15, 0.2) is 0 Å². The molecule has 2 saturated heterocycles. The normalized spacial score (nSPS) is 30.7. The maximum atomic E-state index is 12.0. The quantitative estimate of drug-likeness (QED) is 0.730. The molecule has 4 nitrogen and oxygen atoms in total. The SMILES string of the molecule is O=C(CC1CCCN1)N1CCCC(CO)C1. The second kappa shape index (κ2) is 5.64. The summed E-state index contributed by atoms with van der Waals surface area (Å²) in [5.74, 6) is 0.562. The predicted octanol–water partition coefficient (Wildman–Crippen LogP) is 0.359. The van der Waals surface area contributed by atoms with Gasteiger partial charge in [-0.3, -0.25) is 4.79 Å². The first-order chi connectivity index (χ1) is 7.79. The van der Waals surface area contributed by atoms with Gasteiger partial charge in [0.05, 0.1) is 0 Å². The smallest absolute Gasteiger partial charge is 0.224 e. The molecule has 0 aromatic carbocycles. The molecule has 2 aliphatic rings. The largest absolute Gasteiger partial charge is 0.396 e. The minimum atomic E-state index is 0.214. The summed E-state index contributed by atoms with van der Waals surface area (Å²) in [4.78, 5) is 14.0. The summed E-state index contributed by atoms with van der Waals surface area (Å²) in [6.07, 6.45) is 5.05. The molecule has 2 unspecified atom stereocenters. The number of carbonyl (C=O) groups excluding carboxylic acids is 1. The molecule has 2 aliphatic heterocycles. The third-order valence-corrected chi connectivity index (χ3v) is 3.71. The Kier molecular flexibility index (Phi) is 4.18. The number of amides is 1. The first-order valence-corrected chi connectivity index (χ1v) is 6.41. The standard InChI is InChI=1S/C12H22N2O2/c15-9-10-3-2-6-14(8-10)12(16)7-11-4-1-5-13-11/h10-11,13,15H,1-9H2. The topological polar surface area (TPSA) is 52.6 Å². The van der Waals surface area contributed by atoms with Gasteiger partial charge in [0.15, 0.2) is 0 Å². The second-order valence-corrected chi connectivity index (χ2v) is 5.03. The molecule has 2 rings (SSSR count). The van der Waals surface area contributed by atoms with Crippen molar-refractivity contribution in [3.63, 3.8) is 0 Å². The third-order valence-electron chi connectivity index (χ3n) is 3.71. The third kappa shape index (κ3) is 2.95. The van der Waals surface area contributed by atoms with Crippen molar-refractivity contribution in [2.45, 2.75) is 38.1 Å². The Morgan fingerprint density at radius 2 is 2.25 bits per heavy atom. The first-order valence-electron chi connectivity index (χ1n) is 6.41. The fourth-order valence-corrected chi connectivity index (χ4v) is 2.71. The monoisotopic (exact) mass is 226 g/mol. The van der Waals surface area contributed by atoms with E-state index in [0.717, 1.165) is 38.9 Å². The van der Waals surface area contributed by atoms with Crippen molar-refractivity contribution in [1.29, 1.82) is 0 Å². The predicted molar refractivity (Wildman–Crippen MR) is 62.0 cm³/mol. The summed E-state index contributed by atoms with van der Waals surface area (Å²) in [5, 5.41) is 12.5. The lowest BCUT2D eigenvalue weighted by atomic mass is 9.98. The molecular weight excluding hydrogens is 204 g/mol. The van der Waals surface area contributed by atoms with Gasteiger partial charge in [0.25, 0.3) is 0 Å². The van der Waals surface area contributed by atoms with Crippen LogP contribution in [0.1, 0.15) is 32.1 Å². The number of aliphatic hydroxyl groups excluding tert-OH is 1. The van der Waals surface area contributed by atoms with Crippen molar-refractivity contribution in [2.75, 3.05) is 26.2 Å². The average molecular weight is 226 g/mol. The van der Waals surface area contributed by atoms with Gasteiger partial charge in [-0.2, -0.15) is 0 Å². The van der Waals surface area contributed by atoms with Crippen molar-refractivity contribution in [2.24, 2.45) is 5.92 Å². The van der Waals surface area contributed by atoms with Gasteiger partial charge in [0, 0.05) is 32.2 Å². The molecule has 1 amide bonds. The van der Waals surface area contributed by atoms with Crippen molar-refractivity contribution < 1.29 is 9.90 Å². The van der Waals surface area contributed by atoms with E-state index >= 15 is 0 Å². The second-order valence-electron chi connectivity index (χ2n) is 5.03. The Labute approximate surface area is 97.0 Å². The molecule has 0 spiro atoms. The van der Waals surface area contributed by atoms with Crippen molar-refractivity contribution >= 4 is 5.91 Å². The van der Waals surface area contributed by atoms with E-state index < -0.39 is 0 Å². The van der Waals surface area contributed by atoms with Gasteiger partial charge in [-0.15, -0.1) is 0 Å². The lowest BCUT2D eigenvalue weighted by Crippen LogP contribution is -2.43. The van der Waals surface area contributed by atoms with E-state index in [1.165, 1.54) is 6.42 Å². The molecule has 0 aromatic heterocycles. The summed E-state index contributed by atoms with van der Waals surface area (Å²) < 4.78 is 0. The Morgan fingerprint density at radius 1 is 1.38 bits per heavy atom. The van der Waals surface area contributed by atoms with E-state index in [0.29, 0.717) is 18.4 Å². The van der Waals surface area contributed by atoms with Gasteiger partial charge in [-0.25, -0.2) is 0 Å². The van der Waals surface area contributed by atoms with Crippen LogP contribution in [0.25, 0.3) is 0 Å². The number of carbonyl (C=O) groups is 1. The van der Waals surface area contributed by atoms with Crippen LogP contribution in [0.2, 0.25) is 0 Å². The van der Waals surface area contributed by atoms with Crippen LogP contribution >= 0.6 is 0 Å². The molecule has 2 fully saturated rings. The van der Waals surface area contributed by atoms with Crippen molar-refractivity contribution in [1.82, 2.24) is 10.2 Å². The van der Waals surface area contributed by atoms with Crippen LogP contribution in [-0.2, 0) is 4.79 Å². The maximum Gasteiger partial charge on any atom is 0.224 e. The Hall–Kier alpha value is -0.610. The highest BCUT2D eigenvalue weighted by Gasteiger charge is 2.25. The van der Waals surface area contributed by atoms with Gasteiger partial charge >= 0.3 is 0 Å². The molecule has 0 bridgehead atoms. The Morgan fingerprint density at radius 3 is 2.94 bits per heavy atom. The zero-order valence-corrected chi connectivity index (χ0v) is 9.82. The fourth-order valence-electron chi connectivity index (χ4n) is 2.71. The van der Waals surface area contributed by atoms with Crippen LogP contribution in [-0.4, -0.2) is 48.2 Å². The average Bonchev–Trinajstić information content (AvgIpc) is 2.82. The van der Waals surface area contributed by atoms with Gasteiger partial charge in [-0.05, 0) is 38.1 Å². The van der Waals surface area contributed by atoms with Crippen LogP contribution in [0.3, 0.4) is 0 Å². The molecule has 0 aliphatic carbocycles. The van der Waals surface area contributed by atoms with E-state index in [-0.39, 0.29) is 12.5 Å². The maximum absolute atomic E-state index is 12.0. The number of piperidine rings is 1. The lowest BCUT2D eigenvalue weighted by molar-refractivity contribution is -0.133. The number of hydrogen-bond donors (Lipinski definition) is 2. The van der Waals surface area contributed by atoms with E-state index in [2.05, 4.69) is 5.32 Å². The van der Waals surface area contributed by atoms with Crippen molar-refractivity contribution in [3.05, 3.63) is 0 Å². The molecule has 2 heterocycles. The number of nitrogens with one attached hydrogen (secondary N) is 1. The Bertz CT molecular complexity index is 239. The van der Waals surface area contributed by atoms with Crippen LogP contribution in [0, 0.1) is 5.92 Å². The number of aliphatic hydroxyl groups is 1. The van der Waals surface area contributed by atoms with Gasteiger partial charge in [0.2, 0.25) is 5.91 Å². The summed E-state index contributed by atoms with van der Waals surface area (Å²) in [6, 6.07) is 0.391. The van der Waals surface area contributed by atoms with Crippen LogP contribution < -0.4 is 5.32 Å². The van der Waals surface area contributed by atoms with Crippen LogP contribution in [0.4, 0.5) is 0 Å². The van der Waals surface area contributed by atoms with Gasteiger partial charge < -0.3 is 15.3 Å². The van der Waals surface area contributed by atoms with Gasteiger partial charge in [-0.1, -0.05) is 0 Å². The molecule has 16 heavy (non-hydrogen) atoms. The molecule has 0 aromatic rings. The molecular formula is C12H22N2O2. The van der Waals surface area contributed by atoms with Crippen molar-refractivity contribution in [3.8, 4) is 0 Å². The number of rotatable bonds is 3. The summed E-state index contributed by atoms with van der Waals surface area (Å²) in [6.45, 7) is 2.90. The molecule has 92 valence electrons. The number of likely N-dealkylation sites (tertiary alicyclic amines) is 1. The number of hydrogen-bond acceptors (Lipinski definition) is 3. The molecule has 2 atom stereocenters. The van der Waals surface area contributed by atoms with Gasteiger partial charge in [0.1, 0.15) is 0 Å². The highest BCUT2D eigenvalue weighted by atomic mass is 16.3. The van der Waals surface area contributed by atoms with E-state index in [4.69, 9.17) is 5.11 Å². The molecule has 0 saturated carbocycles. The highest BCUT2D eigenvalue weighted by Crippen LogP contribution is 2.18. The zero-order chi connectivity index (χ0) is 11.4. The summed E-state index contributed by atoms with van der Waals surface area (Å²) in [5.41, 5.74) is 0. The minimum absolute atomic E-state index is 0.214. The minimum Gasteiger partial charge on any atom is -0.396 e. The molecule has 2 N–H and O–H groups in total. The van der Waals surface area contributed by atoms with E-state index in [9.17, 15) is 4.79 Å². The highest BCUT2D eigenvalue weighted by molar-refractivity contribution is 5.77. The fraction of sp³-hybridized carbons (Fsp3) is 0.917. The van der Waals surface area contributed by atoms with Crippen LogP contribution in [0.5, 0.6) is 0 Å². The van der Waals surface area contributed by atoms with E-state index in [1.54, 1.807) is 0 Å². The Balaban J connectivity index is 1.79. The molecule has 0 radical (unpaired) electrons. The summed E-state index contributed by atoms with van der Waals surface area (Å²) >= 11 is 0. The molecule has 4 heteroatoms. The first kappa shape index (κ1) is 11.9. The van der Waals surface area contributed by atoms with E-state index in [1.807, 2.05) is 4.90 Å². The zero-order valence-electron chi connectivity index (χ0n) is 9.82.